The second kappa shape index (κ2) is 7.41. The lowest BCUT2D eigenvalue weighted by Gasteiger charge is -2.15. The first-order valence-electron chi connectivity index (χ1n) is 6.52. The summed E-state index contributed by atoms with van der Waals surface area (Å²) in [6.07, 6.45) is 0. The van der Waals surface area contributed by atoms with E-state index in [-0.39, 0.29) is 5.91 Å². The van der Waals surface area contributed by atoms with Crippen LogP contribution in [0.2, 0.25) is 0 Å². The van der Waals surface area contributed by atoms with E-state index in [1.807, 2.05) is 5.38 Å². The molecule has 116 valence electrons. The first-order chi connectivity index (χ1) is 10.6. The third kappa shape index (κ3) is 4.45. The predicted octanol–water partition coefficient (Wildman–Crippen LogP) is 1.72. The fourth-order valence-electron chi connectivity index (χ4n) is 1.68. The number of aromatic nitrogens is 1. The summed E-state index contributed by atoms with van der Waals surface area (Å²) in [5.41, 5.74) is 8.05. The van der Waals surface area contributed by atoms with Crippen molar-refractivity contribution < 1.29 is 14.3 Å². The molecule has 0 unspecified atom stereocenters. The minimum Gasteiger partial charge on any atom is -0.485 e. The van der Waals surface area contributed by atoms with E-state index < -0.39 is 12.1 Å². The molecule has 7 nitrogen and oxygen atoms in total. The maximum atomic E-state index is 12.0. The van der Waals surface area contributed by atoms with Gasteiger partial charge < -0.3 is 21.1 Å². The van der Waals surface area contributed by atoms with Crippen molar-refractivity contribution in [3.63, 3.8) is 0 Å². The molecular weight excluding hydrogens is 304 g/mol. The van der Waals surface area contributed by atoms with Crippen molar-refractivity contribution in [3.8, 4) is 5.75 Å². The van der Waals surface area contributed by atoms with E-state index in [4.69, 9.17) is 10.5 Å². The number of benzene rings is 1. The number of primary amides is 1. The van der Waals surface area contributed by atoms with Crippen molar-refractivity contribution in [3.05, 3.63) is 40.8 Å². The van der Waals surface area contributed by atoms with Gasteiger partial charge in [-0.05, 0) is 19.1 Å². The number of anilines is 1. The van der Waals surface area contributed by atoms with E-state index in [9.17, 15) is 9.59 Å². The summed E-state index contributed by atoms with van der Waals surface area (Å²) in [5, 5.41) is 6.90. The molecule has 1 aromatic carbocycles. The van der Waals surface area contributed by atoms with Crippen LogP contribution in [-0.2, 0) is 11.4 Å². The number of nitrogens with two attached hydrogens (primary N) is 1. The van der Waals surface area contributed by atoms with Crippen LogP contribution in [0.4, 0.5) is 10.5 Å². The van der Waals surface area contributed by atoms with Gasteiger partial charge in [0.1, 0.15) is 18.4 Å². The van der Waals surface area contributed by atoms with Crippen LogP contribution >= 0.6 is 11.3 Å². The maximum absolute atomic E-state index is 12.0. The minimum atomic E-state index is -0.754. The zero-order valence-electron chi connectivity index (χ0n) is 11.9. The molecule has 0 aliphatic carbocycles. The Morgan fingerprint density at radius 2 is 2.18 bits per heavy atom. The molecule has 2 rings (SSSR count). The Hall–Kier alpha value is -2.61. The Kier molecular flexibility index (Phi) is 5.31. The van der Waals surface area contributed by atoms with Gasteiger partial charge in [0, 0.05) is 5.38 Å². The second-order valence-electron chi connectivity index (χ2n) is 4.48. The number of para-hydroxylation sites is 2. The minimum absolute atomic E-state index is 0.311. The fourth-order valence-corrected chi connectivity index (χ4v) is 2.22. The van der Waals surface area contributed by atoms with Gasteiger partial charge in [-0.3, -0.25) is 4.79 Å². The van der Waals surface area contributed by atoms with Crippen LogP contribution in [0, 0.1) is 0 Å². The summed E-state index contributed by atoms with van der Waals surface area (Å²) in [6, 6.07) is 5.54. The van der Waals surface area contributed by atoms with Gasteiger partial charge >= 0.3 is 6.03 Å². The summed E-state index contributed by atoms with van der Waals surface area (Å²) in [7, 11) is 0. The maximum Gasteiger partial charge on any atom is 0.312 e. The molecule has 4 N–H and O–H groups in total. The van der Waals surface area contributed by atoms with Crippen LogP contribution in [-0.4, -0.2) is 23.0 Å². The smallest absolute Gasteiger partial charge is 0.312 e. The molecule has 3 amide bonds. The number of nitrogens with zero attached hydrogens (tertiary/aromatic N) is 1. The number of carbonyl (C=O) groups excluding carboxylic acids is 2. The standard InChI is InChI=1S/C14H16N4O3S/c1-9(17-14(15)20)13(19)18-11-4-2-3-5-12(11)21-6-10-7-22-8-16-10/h2-5,7-9H,6H2,1H3,(H,18,19)(H3,15,17,20)/t9-/m0/s1. The van der Waals surface area contributed by atoms with Crippen LogP contribution in [0.15, 0.2) is 35.2 Å². The molecule has 0 spiro atoms. The number of urea groups is 1. The van der Waals surface area contributed by atoms with E-state index in [1.54, 1.807) is 36.7 Å². The van der Waals surface area contributed by atoms with E-state index in [2.05, 4.69) is 15.6 Å². The summed E-state index contributed by atoms with van der Waals surface area (Å²) >= 11 is 1.49. The molecule has 2 aromatic rings. The lowest BCUT2D eigenvalue weighted by atomic mass is 10.2. The van der Waals surface area contributed by atoms with Gasteiger partial charge in [-0.25, -0.2) is 9.78 Å². The Balaban J connectivity index is 2.01. The van der Waals surface area contributed by atoms with Crippen molar-refractivity contribution in [2.75, 3.05) is 5.32 Å². The topological polar surface area (TPSA) is 106 Å². The monoisotopic (exact) mass is 320 g/mol. The van der Waals surface area contributed by atoms with Crippen molar-refractivity contribution in [2.24, 2.45) is 5.73 Å². The normalized spacial score (nSPS) is 11.5. The molecule has 0 fully saturated rings. The molecule has 1 heterocycles. The quantitative estimate of drug-likeness (QED) is 0.753. The SMILES string of the molecule is C[C@H](NC(N)=O)C(=O)Nc1ccccc1OCc1cscn1. The lowest BCUT2D eigenvalue weighted by Crippen LogP contribution is -2.44. The molecule has 0 bridgehead atoms. The predicted molar refractivity (Wildman–Crippen MR) is 83.7 cm³/mol. The van der Waals surface area contributed by atoms with Gasteiger partial charge in [-0.2, -0.15) is 0 Å². The van der Waals surface area contributed by atoms with Gasteiger partial charge in [0.15, 0.2) is 0 Å². The number of thiazole rings is 1. The van der Waals surface area contributed by atoms with E-state index in [0.717, 1.165) is 5.69 Å². The zero-order chi connectivity index (χ0) is 15.9. The van der Waals surface area contributed by atoms with Crippen molar-refractivity contribution in [1.82, 2.24) is 10.3 Å². The van der Waals surface area contributed by atoms with Crippen molar-refractivity contribution in [2.45, 2.75) is 19.6 Å². The molecule has 8 heteroatoms. The van der Waals surface area contributed by atoms with E-state index >= 15 is 0 Å². The first kappa shape index (κ1) is 15.8. The van der Waals surface area contributed by atoms with Gasteiger partial charge in [0.2, 0.25) is 5.91 Å². The highest BCUT2D eigenvalue weighted by atomic mass is 32.1. The van der Waals surface area contributed by atoms with Crippen LogP contribution in [0.1, 0.15) is 12.6 Å². The van der Waals surface area contributed by atoms with Crippen LogP contribution < -0.4 is 21.1 Å². The average molecular weight is 320 g/mol. The summed E-state index contributed by atoms with van der Waals surface area (Å²) in [4.78, 5) is 26.9. The summed E-state index contributed by atoms with van der Waals surface area (Å²) in [6.45, 7) is 1.85. The van der Waals surface area contributed by atoms with Gasteiger partial charge in [-0.1, -0.05) is 12.1 Å². The third-order valence-corrected chi connectivity index (χ3v) is 3.39. The molecule has 0 radical (unpaired) electrons. The highest BCUT2D eigenvalue weighted by molar-refractivity contribution is 7.07. The number of hydrogen-bond acceptors (Lipinski definition) is 5. The molecule has 0 saturated carbocycles. The fraction of sp³-hybridized carbons (Fsp3) is 0.214. The van der Waals surface area contributed by atoms with Gasteiger partial charge in [0.05, 0.1) is 16.9 Å². The third-order valence-electron chi connectivity index (χ3n) is 2.76. The van der Waals surface area contributed by atoms with Crippen LogP contribution in [0.3, 0.4) is 0 Å². The number of rotatable bonds is 6. The molecule has 0 aliphatic rings. The molecule has 1 aromatic heterocycles. The highest BCUT2D eigenvalue weighted by Gasteiger charge is 2.16. The van der Waals surface area contributed by atoms with E-state index in [1.165, 1.54) is 11.3 Å². The number of ether oxygens (including phenoxy) is 1. The Morgan fingerprint density at radius 3 is 2.86 bits per heavy atom. The van der Waals surface area contributed by atoms with Crippen molar-refractivity contribution >= 4 is 29.0 Å². The Morgan fingerprint density at radius 1 is 1.41 bits per heavy atom. The van der Waals surface area contributed by atoms with E-state index in [0.29, 0.717) is 18.0 Å². The average Bonchev–Trinajstić information content (AvgIpc) is 2.99. The molecular formula is C14H16N4O3S. The van der Waals surface area contributed by atoms with Gasteiger partial charge in [0.25, 0.3) is 0 Å². The van der Waals surface area contributed by atoms with Crippen LogP contribution in [0.5, 0.6) is 5.75 Å². The number of amides is 3. The molecule has 0 aliphatic heterocycles. The summed E-state index contributed by atoms with van der Waals surface area (Å²) in [5.74, 6) is 0.138. The first-order valence-corrected chi connectivity index (χ1v) is 7.46. The molecule has 0 saturated heterocycles. The van der Waals surface area contributed by atoms with Gasteiger partial charge in [-0.15, -0.1) is 11.3 Å². The zero-order valence-corrected chi connectivity index (χ0v) is 12.7. The number of nitrogens with one attached hydrogen (secondary N) is 2. The largest absolute Gasteiger partial charge is 0.485 e. The number of carbonyl (C=O) groups is 2. The molecule has 22 heavy (non-hydrogen) atoms. The lowest BCUT2D eigenvalue weighted by molar-refractivity contribution is -0.117. The summed E-state index contributed by atoms with van der Waals surface area (Å²) < 4.78 is 5.66. The van der Waals surface area contributed by atoms with Crippen LogP contribution in [0.25, 0.3) is 0 Å². The second-order valence-corrected chi connectivity index (χ2v) is 5.20. The highest BCUT2D eigenvalue weighted by Crippen LogP contribution is 2.24. The Bertz CT molecular complexity index is 645. The number of hydrogen-bond donors (Lipinski definition) is 3. The van der Waals surface area contributed by atoms with Crippen molar-refractivity contribution in [1.29, 1.82) is 0 Å². The molecule has 1 atom stereocenters. The Labute approximate surface area is 131 Å².